The molecule has 0 saturated carbocycles. The molecule has 0 unspecified atom stereocenters. The van der Waals surface area contributed by atoms with Crippen LogP contribution in [-0.4, -0.2) is 54.1 Å². The molecular formula is C54H63F21. The van der Waals surface area contributed by atoms with Crippen LogP contribution >= 0.6 is 0 Å². The highest BCUT2D eigenvalue weighted by Gasteiger charge is 2.74. The van der Waals surface area contributed by atoms with E-state index < -0.39 is 112 Å². The van der Waals surface area contributed by atoms with Gasteiger partial charge in [-0.2, -0.15) is 92.2 Å². The minimum Gasteiger partial charge on any atom is -0.200 e. The topological polar surface area (TPSA) is 0 Å². The molecule has 75 heavy (non-hydrogen) atoms. The normalized spacial score (nSPS) is 14.1. The first-order chi connectivity index (χ1) is 34.5. The van der Waals surface area contributed by atoms with E-state index in [0.717, 1.165) is 38.5 Å². The molecule has 0 aliphatic carbocycles. The highest BCUT2D eigenvalue weighted by Crippen LogP contribution is 2.52. The van der Waals surface area contributed by atoms with Crippen molar-refractivity contribution >= 4 is 32.3 Å². The third kappa shape index (κ3) is 14.7. The van der Waals surface area contributed by atoms with E-state index in [-0.39, 0.29) is 36.0 Å². The van der Waals surface area contributed by atoms with Crippen LogP contribution in [-0.2, 0) is 38.5 Å². The summed E-state index contributed by atoms with van der Waals surface area (Å²) in [6.07, 6.45) is -20.6. The van der Waals surface area contributed by atoms with E-state index in [1.165, 1.54) is 18.2 Å². The van der Waals surface area contributed by atoms with Gasteiger partial charge in [-0.05, 0) is 143 Å². The molecule has 0 amide bonds. The average Bonchev–Trinajstić information content (AvgIpc) is 3.29. The second-order valence-electron chi connectivity index (χ2n) is 19.8. The van der Waals surface area contributed by atoms with Crippen LogP contribution in [0.3, 0.4) is 0 Å². The number of alkyl halides is 21. The molecule has 0 N–H and O–H groups in total. The van der Waals surface area contributed by atoms with E-state index in [1.54, 1.807) is 18.2 Å². The van der Waals surface area contributed by atoms with Crippen LogP contribution in [0.15, 0.2) is 36.4 Å². The fourth-order valence-electron chi connectivity index (χ4n) is 9.62. The van der Waals surface area contributed by atoms with Crippen molar-refractivity contribution in [2.75, 3.05) is 0 Å². The van der Waals surface area contributed by atoms with Crippen LogP contribution in [0.2, 0.25) is 0 Å². The third-order valence-corrected chi connectivity index (χ3v) is 14.0. The van der Waals surface area contributed by atoms with Crippen LogP contribution in [0.25, 0.3) is 32.3 Å². The predicted octanol–water partition coefficient (Wildman–Crippen LogP) is 21.0. The Morgan fingerprint density at radius 1 is 0.240 bits per heavy atom. The zero-order valence-corrected chi connectivity index (χ0v) is 41.9. The standard InChI is InChI=1S/C54H63F21/c1-4-7-10-13-19-34-28-40-43(31-37(34)22-16-25-46(55,56)49(61,62)52(67,68)69)41-29-35(20-14-11-8-5-2)39(24-18-27-48(59,60)51(65,66)54(73,74)75)33-45(41)42-30-36(21-15-12-9-6-3)38(32-44(40)42)23-17-26-47(57,58)50(63,64)53(70,71)72/h28-33H,4-27H2,1-3H3. The largest absolute Gasteiger partial charge is 0.459 e. The van der Waals surface area contributed by atoms with Crippen molar-refractivity contribution in [1.82, 2.24) is 0 Å². The number of benzene rings is 4. The minimum atomic E-state index is -6.57. The van der Waals surface area contributed by atoms with E-state index in [1.807, 2.05) is 20.8 Å². The average molecular weight is 1110 g/mol. The van der Waals surface area contributed by atoms with Gasteiger partial charge >= 0.3 is 54.1 Å². The van der Waals surface area contributed by atoms with Crippen molar-refractivity contribution in [1.29, 1.82) is 0 Å². The van der Waals surface area contributed by atoms with E-state index >= 15 is 0 Å². The fraction of sp³-hybridized carbons (Fsp3) is 0.667. The zero-order valence-electron chi connectivity index (χ0n) is 41.9. The summed E-state index contributed by atoms with van der Waals surface area (Å²) in [4.78, 5) is 0. The van der Waals surface area contributed by atoms with Gasteiger partial charge in [0.25, 0.3) is 0 Å². The molecule has 0 saturated heterocycles. The molecule has 21 heteroatoms. The number of aryl methyl sites for hydroxylation is 6. The van der Waals surface area contributed by atoms with Gasteiger partial charge in [-0.3, -0.25) is 0 Å². The first-order valence-corrected chi connectivity index (χ1v) is 25.5. The number of rotatable bonds is 30. The second-order valence-corrected chi connectivity index (χ2v) is 19.8. The summed E-state index contributed by atoms with van der Waals surface area (Å²) < 4.78 is 290. The first kappa shape index (κ1) is 63.7. The Bertz CT molecular complexity index is 2180. The lowest BCUT2D eigenvalue weighted by molar-refractivity contribution is -0.356. The minimum absolute atomic E-state index is 0.240. The van der Waals surface area contributed by atoms with Crippen molar-refractivity contribution in [2.45, 2.75) is 229 Å². The summed E-state index contributed by atoms with van der Waals surface area (Å²) in [7, 11) is 0. The lowest BCUT2D eigenvalue weighted by Crippen LogP contribution is -2.51. The van der Waals surface area contributed by atoms with Crippen molar-refractivity contribution in [2.24, 2.45) is 0 Å². The third-order valence-electron chi connectivity index (χ3n) is 14.0. The Kier molecular flexibility index (Phi) is 21.1. The summed E-state index contributed by atoms with van der Waals surface area (Å²) in [6.45, 7) is 5.75. The number of fused-ring (bicyclic) bond motifs is 6. The van der Waals surface area contributed by atoms with Crippen LogP contribution in [0.5, 0.6) is 0 Å². The molecule has 0 aromatic heterocycles. The van der Waals surface area contributed by atoms with Gasteiger partial charge in [0, 0.05) is 19.3 Å². The second kappa shape index (κ2) is 24.9. The molecule has 0 radical (unpaired) electrons. The highest BCUT2D eigenvalue weighted by molar-refractivity contribution is 6.26. The Morgan fingerprint density at radius 3 is 0.573 bits per heavy atom. The van der Waals surface area contributed by atoms with E-state index in [4.69, 9.17) is 0 Å². The molecule has 4 rings (SSSR count). The number of hydrogen-bond donors (Lipinski definition) is 0. The van der Waals surface area contributed by atoms with Gasteiger partial charge in [0.2, 0.25) is 0 Å². The Hall–Kier alpha value is -3.81. The molecule has 0 aliphatic heterocycles. The first-order valence-electron chi connectivity index (χ1n) is 25.5. The molecule has 0 spiro atoms. The van der Waals surface area contributed by atoms with Crippen molar-refractivity contribution in [3.05, 3.63) is 69.8 Å². The van der Waals surface area contributed by atoms with Gasteiger partial charge in [0.1, 0.15) is 0 Å². The number of unbranched alkanes of at least 4 members (excludes halogenated alkanes) is 9. The van der Waals surface area contributed by atoms with Crippen LogP contribution in [0.4, 0.5) is 92.2 Å². The Balaban J connectivity index is 2.09. The number of halogens is 21. The predicted molar refractivity (Wildman–Crippen MR) is 249 cm³/mol. The number of hydrogen-bond acceptors (Lipinski definition) is 0. The van der Waals surface area contributed by atoms with Gasteiger partial charge < -0.3 is 0 Å². The Labute approximate surface area is 422 Å². The molecular weight excluding hydrogens is 1050 g/mol. The molecule has 0 fully saturated rings. The maximum absolute atomic E-state index is 14.6. The molecule has 0 atom stereocenters. The zero-order chi connectivity index (χ0) is 56.6. The smallest absolute Gasteiger partial charge is 0.200 e. The van der Waals surface area contributed by atoms with E-state index in [0.29, 0.717) is 87.5 Å². The summed E-state index contributed by atoms with van der Waals surface area (Å²) >= 11 is 0. The van der Waals surface area contributed by atoms with Crippen LogP contribution in [0.1, 0.15) is 170 Å². The summed E-state index contributed by atoms with van der Waals surface area (Å²) in [5, 5.41) is 2.13. The fourth-order valence-corrected chi connectivity index (χ4v) is 9.62. The molecule has 0 heterocycles. The van der Waals surface area contributed by atoms with Crippen molar-refractivity contribution < 1.29 is 92.2 Å². The van der Waals surface area contributed by atoms with Crippen LogP contribution < -0.4 is 0 Å². The van der Waals surface area contributed by atoms with Crippen molar-refractivity contribution in [3.63, 3.8) is 0 Å². The SMILES string of the molecule is CCCCCCc1cc2c(cc1CCCC(F)(F)C(F)(F)C(F)(F)F)c1cc(CCCCCC)c(CCCC(F)(F)C(F)(F)C(F)(F)F)cc1c1cc(CCCCCC)c(CCCC(F)(F)C(F)(F)C(F)(F)F)cc21. The molecule has 4 aromatic carbocycles. The molecule has 0 nitrogen and oxygen atoms in total. The molecule has 0 aliphatic rings. The maximum Gasteiger partial charge on any atom is 0.459 e. The monoisotopic (exact) mass is 1110 g/mol. The summed E-state index contributed by atoms with van der Waals surface area (Å²) in [5.41, 5.74) is 2.22. The van der Waals surface area contributed by atoms with Crippen molar-refractivity contribution in [3.8, 4) is 0 Å². The van der Waals surface area contributed by atoms with E-state index in [2.05, 4.69) is 0 Å². The molecule has 0 bridgehead atoms. The summed E-state index contributed by atoms with van der Waals surface area (Å²) in [6, 6.07) is 9.56. The van der Waals surface area contributed by atoms with Gasteiger partial charge in [0.05, 0.1) is 0 Å². The molecule has 426 valence electrons. The van der Waals surface area contributed by atoms with Gasteiger partial charge in [-0.25, -0.2) is 0 Å². The van der Waals surface area contributed by atoms with Crippen LogP contribution in [0, 0.1) is 0 Å². The molecule has 4 aromatic rings. The van der Waals surface area contributed by atoms with E-state index in [9.17, 15) is 92.2 Å². The lowest BCUT2D eigenvalue weighted by Gasteiger charge is -2.28. The Morgan fingerprint density at radius 2 is 0.413 bits per heavy atom. The summed E-state index contributed by atoms with van der Waals surface area (Å²) in [5.74, 6) is -35.7. The quantitative estimate of drug-likeness (QED) is 0.0277. The van der Waals surface area contributed by atoms with Gasteiger partial charge in [0.15, 0.2) is 0 Å². The maximum atomic E-state index is 14.6. The van der Waals surface area contributed by atoms with Gasteiger partial charge in [-0.15, -0.1) is 0 Å². The lowest BCUT2D eigenvalue weighted by atomic mass is 9.83. The highest BCUT2D eigenvalue weighted by atomic mass is 19.4. The van der Waals surface area contributed by atoms with Gasteiger partial charge in [-0.1, -0.05) is 115 Å².